The van der Waals surface area contributed by atoms with E-state index in [4.69, 9.17) is 4.74 Å². The zero-order valence-corrected chi connectivity index (χ0v) is 12.0. The van der Waals surface area contributed by atoms with Crippen molar-refractivity contribution in [2.24, 2.45) is 0 Å². The van der Waals surface area contributed by atoms with Crippen LogP contribution in [0, 0.1) is 10.1 Å². The first-order valence-electron chi connectivity index (χ1n) is 6.12. The van der Waals surface area contributed by atoms with Crippen molar-refractivity contribution in [1.82, 2.24) is 10.2 Å². The molecule has 0 saturated heterocycles. The molecule has 0 spiro atoms. The van der Waals surface area contributed by atoms with Gasteiger partial charge in [0.25, 0.3) is 5.69 Å². The van der Waals surface area contributed by atoms with Crippen LogP contribution >= 0.6 is 0 Å². The second kappa shape index (κ2) is 6.85. The number of carbonyl (C=O) groups is 1. The van der Waals surface area contributed by atoms with Gasteiger partial charge in [0.2, 0.25) is 5.91 Å². The van der Waals surface area contributed by atoms with Crippen LogP contribution in [-0.2, 0) is 11.3 Å². The molecule has 1 atom stereocenters. The monoisotopic (exact) mass is 281 g/mol. The Hall–Kier alpha value is -2.15. The van der Waals surface area contributed by atoms with Crippen molar-refractivity contribution in [3.8, 4) is 5.75 Å². The minimum atomic E-state index is -0.461. The van der Waals surface area contributed by atoms with Crippen LogP contribution in [0.4, 0.5) is 5.69 Å². The summed E-state index contributed by atoms with van der Waals surface area (Å²) in [5.41, 5.74) is 0.634. The number of nitrogens with zero attached hydrogens (tertiary/aromatic N) is 2. The Morgan fingerprint density at radius 3 is 2.65 bits per heavy atom. The predicted molar refractivity (Wildman–Crippen MR) is 74.6 cm³/mol. The second-order valence-electron chi connectivity index (χ2n) is 4.59. The lowest BCUT2D eigenvalue weighted by Gasteiger charge is -2.18. The maximum Gasteiger partial charge on any atom is 0.270 e. The van der Waals surface area contributed by atoms with Gasteiger partial charge in [0.15, 0.2) is 0 Å². The van der Waals surface area contributed by atoms with E-state index in [0.717, 1.165) is 0 Å². The molecule has 20 heavy (non-hydrogen) atoms. The number of nitro groups is 1. The van der Waals surface area contributed by atoms with E-state index in [-0.39, 0.29) is 17.6 Å². The lowest BCUT2D eigenvalue weighted by molar-refractivity contribution is -0.384. The van der Waals surface area contributed by atoms with Crippen molar-refractivity contribution >= 4 is 11.6 Å². The summed E-state index contributed by atoms with van der Waals surface area (Å²) in [6.45, 7) is 2.05. The Morgan fingerprint density at radius 1 is 1.50 bits per heavy atom. The van der Waals surface area contributed by atoms with Crippen molar-refractivity contribution in [2.45, 2.75) is 19.5 Å². The smallest absolute Gasteiger partial charge is 0.270 e. The number of likely N-dealkylation sites (N-methyl/N-ethyl adjacent to an activating group) is 1. The summed E-state index contributed by atoms with van der Waals surface area (Å²) >= 11 is 0. The number of hydrogen-bond acceptors (Lipinski definition) is 5. The molecule has 7 heteroatoms. The molecule has 1 N–H and O–H groups in total. The summed E-state index contributed by atoms with van der Waals surface area (Å²) in [6, 6.07) is 4.00. The molecule has 1 unspecified atom stereocenters. The number of ether oxygens (including phenoxy) is 1. The third-order valence-electron chi connectivity index (χ3n) is 2.88. The molecule has 1 rings (SSSR count). The summed E-state index contributed by atoms with van der Waals surface area (Å²) in [4.78, 5) is 23.5. The fourth-order valence-corrected chi connectivity index (χ4v) is 1.75. The Balaban J connectivity index is 2.83. The van der Waals surface area contributed by atoms with Crippen LogP contribution < -0.4 is 10.1 Å². The van der Waals surface area contributed by atoms with Crippen molar-refractivity contribution in [3.63, 3.8) is 0 Å². The summed E-state index contributed by atoms with van der Waals surface area (Å²) in [5.74, 6) is 0.488. The molecule has 1 amide bonds. The normalized spacial score (nSPS) is 11.8. The SMILES string of the molecule is COc1ccc([N+](=O)[O-])cc1CNC(C)C(=O)N(C)C. The van der Waals surface area contributed by atoms with Gasteiger partial charge >= 0.3 is 0 Å². The largest absolute Gasteiger partial charge is 0.496 e. The maximum atomic E-state index is 11.7. The average Bonchev–Trinajstić information content (AvgIpc) is 2.43. The summed E-state index contributed by atoms with van der Waals surface area (Å²) in [5, 5.41) is 13.8. The first-order valence-corrected chi connectivity index (χ1v) is 6.12. The van der Waals surface area contributed by atoms with Gasteiger partial charge in [0, 0.05) is 38.3 Å². The van der Waals surface area contributed by atoms with Crippen LogP contribution in [0.25, 0.3) is 0 Å². The van der Waals surface area contributed by atoms with Crippen molar-refractivity contribution < 1.29 is 14.5 Å². The number of amides is 1. The molecule has 1 aromatic carbocycles. The number of nitro benzene ring substituents is 1. The molecule has 0 radical (unpaired) electrons. The predicted octanol–water partition coefficient (Wildman–Crippen LogP) is 1.17. The molecule has 0 aliphatic rings. The Morgan fingerprint density at radius 2 is 2.15 bits per heavy atom. The molecule has 7 nitrogen and oxygen atoms in total. The van der Waals surface area contributed by atoms with E-state index in [1.54, 1.807) is 27.1 Å². The quantitative estimate of drug-likeness (QED) is 0.625. The van der Waals surface area contributed by atoms with E-state index in [1.807, 2.05) is 0 Å². The van der Waals surface area contributed by atoms with Crippen LogP contribution in [-0.4, -0.2) is 43.0 Å². The molecule has 1 aromatic rings. The van der Waals surface area contributed by atoms with Gasteiger partial charge in [0.1, 0.15) is 5.75 Å². The molecule has 0 bridgehead atoms. The first-order chi connectivity index (χ1) is 9.36. The van der Waals surface area contributed by atoms with Gasteiger partial charge < -0.3 is 15.0 Å². The van der Waals surface area contributed by atoms with Crippen LogP contribution in [0.15, 0.2) is 18.2 Å². The summed E-state index contributed by atoms with van der Waals surface area (Å²) in [7, 11) is 4.85. The van der Waals surface area contributed by atoms with Crippen molar-refractivity contribution in [3.05, 3.63) is 33.9 Å². The van der Waals surface area contributed by atoms with Crippen molar-refractivity contribution in [1.29, 1.82) is 0 Å². The Labute approximate surface area is 117 Å². The minimum absolute atomic E-state index is 0.00538. The van der Waals surface area contributed by atoms with E-state index in [2.05, 4.69) is 5.32 Å². The number of rotatable bonds is 6. The van der Waals surface area contributed by atoms with E-state index >= 15 is 0 Å². The van der Waals surface area contributed by atoms with Crippen LogP contribution in [0.3, 0.4) is 0 Å². The van der Waals surface area contributed by atoms with Gasteiger partial charge in [-0.2, -0.15) is 0 Å². The number of non-ortho nitro benzene ring substituents is 1. The van der Waals surface area contributed by atoms with Gasteiger partial charge in [-0.1, -0.05) is 0 Å². The molecule has 0 aliphatic heterocycles. The molecular weight excluding hydrogens is 262 g/mol. The second-order valence-corrected chi connectivity index (χ2v) is 4.59. The van der Waals surface area contributed by atoms with E-state index in [1.165, 1.54) is 24.1 Å². The third-order valence-corrected chi connectivity index (χ3v) is 2.88. The van der Waals surface area contributed by atoms with Gasteiger partial charge in [-0.15, -0.1) is 0 Å². The Bertz CT molecular complexity index is 502. The van der Waals surface area contributed by atoms with Gasteiger partial charge in [-0.05, 0) is 13.0 Å². The van der Waals surface area contributed by atoms with Crippen LogP contribution in [0.1, 0.15) is 12.5 Å². The van der Waals surface area contributed by atoms with E-state index in [9.17, 15) is 14.9 Å². The topological polar surface area (TPSA) is 84.7 Å². The van der Waals surface area contributed by atoms with Gasteiger partial charge in [0.05, 0.1) is 18.1 Å². The number of carbonyl (C=O) groups excluding carboxylic acids is 1. The third kappa shape index (κ3) is 3.92. The number of hydrogen-bond donors (Lipinski definition) is 1. The zero-order chi connectivity index (χ0) is 15.3. The molecule has 0 fully saturated rings. The standard InChI is InChI=1S/C13H19N3O4/c1-9(13(17)15(2)3)14-8-10-7-11(16(18)19)5-6-12(10)20-4/h5-7,9,14H,8H2,1-4H3. The van der Waals surface area contributed by atoms with E-state index < -0.39 is 4.92 Å². The summed E-state index contributed by atoms with van der Waals surface area (Å²) < 4.78 is 5.16. The molecule has 0 saturated carbocycles. The highest BCUT2D eigenvalue weighted by Crippen LogP contribution is 2.23. The number of methoxy groups -OCH3 is 1. The lowest BCUT2D eigenvalue weighted by atomic mass is 10.1. The van der Waals surface area contributed by atoms with Crippen LogP contribution in [0.2, 0.25) is 0 Å². The molecule has 0 aliphatic carbocycles. The molecule has 0 heterocycles. The number of nitrogens with one attached hydrogen (secondary N) is 1. The van der Waals surface area contributed by atoms with E-state index in [0.29, 0.717) is 17.9 Å². The lowest BCUT2D eigenvalue weighted by Crippen LogP contribution is -2.41. The first kappa shape index (κ1) is 15.9. The highest BCUT2D eigenvalue weighted by molar-refractivity contribution is 5.80. The summed E-state index contributed by atoms with van der Waals surface area (Å²) in [6.07, 6.45) is 0. The van der Waals surface area contributed by atoms with Crippen molar-refractivity contribution in [2.75, 3.05) is 21.2 Å². The highest BCUT2D eigenvalue weighted by Gasteiger charge is 2.16. The van der Waals surface area contributed by atoms with Gasteiger partial charge in [-0.25, -0.2) is 0 Å². The molecule has 110 valence electrons. The minimum Gasteiger partial charge on any atom is -0.496 e. The zero-order valence-electron chi connectivity index (χ0n) is 12.0. The van der Waals surface area contributed by atoms with Crippen LogP contribution in [0.5, 0.6) is 5.75 Å². The average molecular weight is 281 g/mol. The van der Waals surface area contributed by atoms with Gasteiger partial charge in [-0.3, -0.25) is 14.9 Å². The Kier molecular flexibility index (Phi) is 5.45. The fraction of sp³-hybridized carbons (Fsp3) is 0.462. The highest BCUT2D eigenvalue weighted by atomic mass is 16.6. The number of benzene rings is 1. The fourth-order valence-electron chi connectivity index (χ4n) is 1.75. The molecular formula is C13H19N3O4. The molecule has 0 aromatic heterocycles. The maximum absolute atomic E-state index is 11.7.